The standard InChI is InChI=1S/C2H6INO2S/c1-4(3)7(2,5)6/h1-2H3. The van der Waals surface area contributed by atoms with Crippen molar-refractivity contribution in [2.24, 2.45) is 0 Å². The Morgan fingerprint density at radius 3 is 1.71 bits per heavy atom. The number of sulfonamides is 1. The summed E-state index contributed by atoms with van der Waals surface area (Å²) in [4.78, 5) is 0. The van der Waals surface area contributed by atoms with Gasteiger partial charge in [-0.25, -0.2) is 8.42 Å². The van der Waals surface area contributed by atoms with E-state index >= 15 is 0 Å². The van der Waals surface area contributed by atoms with Crippen molar-refractivity contribution in [3.05, 3.63) is 0 Å². The lowest BCUT2D eigenvalue weighted by Crippen LogP contribution is -2.13. The Bertz CT molecular complexity index is 138. The Hall–Kier alpha value is 0.640. The summed E-state index contributed by atoms with van der Waals surface area (Å²) < 4.78 is 21.6. The van der Waals surface area contributed by atoms with Gasteiger partial charge in [-0.1, -0.05) is 0 Å². The molecule has 5 heteroatoms. The predicted molar refractivity (Wildman–Crippen MR) is 36.6 cm³/mol. The highest BCUT2D eigenvalue weighted by molar-refractivity contribution is 14.1. The van der Waals surface area contributed by atoms with Crippen LogP contribution >= 0.6 is 22.9 Å². The minimum atomic E-state index is -2.92. The van der Waals surface area contributed by atoms with Crippen molar-refractivity contribution in [3.63, 3.8) is 0 Å². The van der Waals surface area contributed by atoms with Gasteiger partial charge in [0.05, 0.1) is 6.26 Å². The Morgan fingerprint density at radius 2 is 1.71 bits per heavy atom. The lowest BCUT2D eigenvalue weighted by molar-refractivity contribution is 0.577. The molecule has 0 aliphatic carbocycles. The number of rotatable bonds is 1. The molecule has 7 heavy (non-hydrogen) atoms. The Kier molecular flexibility index (Phi) is 2.48. The molecule has 0 atom stereocenters. The highest BCUT2D eigenvalue weighted by Gasteiger charge is 2.03. The first-order valence-corrected chi connectivity index (χ1v) is 4.35. The maximum absolute atomic E-state index is 10.2. The van der Waals surface area contributed by atoms with Crippen molar-refractivity contribution < 1.29 is 8.42 Å². The van der Waals surface area contributed by atoms with Crippen LogP contribution in [0.4, 0.5) is 0 Å². The summed E-state index contributed by atoms with van der Waals surface area (Å²) in [5.74, 6) is 0. The molecule has 0 radical (unpaired) electrons. The molecule has 0 bridgehead atoms. The van der Waals surface area contributed by atoms with Gasteiger partial charge in [0, 0.05) is 29.9 Å². The van der Waals surface area contributed by atoms with Crippen molar-refractivity contribution in [2.45, 2.75) is 0 Å². The third kappa shape index (κ3) is 3.24. The van der Waals surface area contributed by atoms with Gasteiger partial charge in [-0.15, -0.1) is 2.52 Å². The average Bonchev–Trinajstić information content (AvgIpc) is 1.31. The normalized spacial score (nSPS) is 12.6. The molecule has 0 spiro atoms. The monoisotopic (exact) mass is 235 g/mol. The summed E-state index contributed by atoms with van der Waals surface area (Å²) in [6.45, 7) is 0. The minimum Gasteiger partial charge on any atom is -0.212 e. The summed E-state index contributed by atoms with van der Waals surface area (Å²) in [5.41, 5.74) is 0. The topological polar surface area (TPSA) is 37.4 Å². The number of hydrogen-bond acceptors (Lipinski definition) is 2. The van der Waals surface area contributed by atoms with Gasteiger partial charge in [0.15, 0.2) is 0 Å². The second-order valence-corrected chi connectivity index (χ2v) is 5.27. The lowest BCUT2D eigenvalue weighted by atomic mass is 11.6. The van der Waals surface area contributed by atoms with Gasteiger partial charge in [-0.2, -0.15) is 0 Å². The van der Waals surface area contributed by atoms with E-state index in [9.17, 15) is 8.42 Å². The molecular formula is C2H6INO2S. The minimum absolute atomic E-state index is 1.13. The van der Waals surface area contributed by atoms with Crippen molar-refractivity contribution in [1.82, 2.24) is 2.52 Å². The van der Waals surface area contributed by atoms with E-state index in [1.807, 2.05) is 0 Å². The van der Waals surface area contributed by atoms with E-state index < -0.39 is 10.0 Å². The zero-order valence-electron chi connectivity index (χ0n) is 4.05. The Morgan fingerprint density at radius 1 is 1.57 bits per heavy atom. The highest BCUT2D eigenvalue weighted by atomic mass is 127. The van der Waals surface area contributed by atoms with Crippen LogP contribution in [0.2, 0.25) is 0 Å². The van der Waals surface area contributed by atoms with E-state index in [-0.39, 0.29) is 0 Å². The Labute approximate surface area is 57.2 Å². The maximum Gasteiger partial charge on any atom is 0.219 e. The van der Waals surface area contributed by atoms with Crippen LogP contribution in [0, 0.1) is 0 Å². The van der Waals surface area contributed by atoms with E-state index in [0.29, 0.717) is 0 Å². The van der Waals surface area contributed by atoms with E-state index in [2.05, 4.69) is 0 Å². The fourth-order valence-corrected chi connectivity index (χ4v) is 0. The summed E-state index contributed by atoms with van der Waals surface area (Å²) in [6, 6.07) is 0. The first-order valence-electron chi connectivity index (χ1n) is 1.54. The molecule has 0 saturated carbocycles. The first-order chi connectivity index (χ1) is 2.94. The van der Waals surface area contributed by atoms with E-state index in [1.54, 1.807) is 22.9 Å². The molecule has 3 nitrogen and oxygen atoms in total. The van der Waals surface area contributed by atoms with Crippen LogP contribution in [0.3, 0.4) is 0 Å². The molecule has 0 N–H and O–H groups in total. The van der Waals surface area contributed by atoms with Crippen LogP contribution in [-0.2, 0) is 10.0 Å². The predicted octanol–water partition coefficient (Wildman–Crippen LogP) is 0.228. The van der Waals surface area contributed by atoms with Crippen LogP contribution in [0.25, 0.3) is 0 Å². The molecule has 0 aromatic rings. The smallest absolute Gasteiger partial charge is 0.212 e. The van der Waals surface area contributed by atoms with Gasteiger partial charge in [0.1, 0.15) is 0 Å². The van der Waals surface area contributed by atoms with Crippen LogP contribution < -0.4 is 0 Å². The SMILES string of the molecule is CN(I)S(C)(=O)=O. The van der Waals surface area contributed by atoms with Crippen molar-refractivity contribution in [3.8, 4) is 0 Å². The maximum atomic E-state index is 10.2. The fraction of sp³-hybridized carbons (Fsp3) is 1.00. The molecule has 0 unspecified atom stereocenters. The number of nitrogens with zero attached hydrogens (tertiary/aromatic N) is 1. The summed E-state index contributed by atoms with van der Waals surface area (Å²) in [6.07, 6.45) is 1.15. The number of halogens is 1. The highest BCUT2D eigenvalue weighted by Crippen LogP contribution is 1.98. The molecule has 0 aliphatic heterocycles. The third-order valence-electron chi connectivity index (χ3n) is 0.457. The van der Waals surface area contributed by atoms with E-state index in [4.69, 9.17) is 0 Å². The van der Waals surface area contributed by atoms with Crippen LogP contribution in [-0.4, -0.2) is 24.2 Å². The first kappa shape index (κ1) is 7.64. The molecule has 0 rings (SSSR count). The van der Waals surface area contributed by atoms with Gasteiger partial charge in [-0.3, -0.25) is 0 Å². The van der Waals surface area contributed by atoms with Gasteiger partial charge < -0.3 is 0 Å². The van der Waals surface area contributed by atoms with Crippen molar-refractivity contribution >= 4 is 32.9 Å². The molecule has 0 aromatic carbocycles. The zero-order valence-corrected chi connectivity index (χ0v) is 7.02. The van der Waals surface area contributed by atoms with Crippen molar-refractivity contribution in [2.75, 3.05) is 13.3 Å². The largest absolute Gasteiger partial charge is 0.219 e. The summed E-state index contributed by atoms with van der Waals surface area (Å²) in [5, 5.41) is 0. The van der Waals surface area contributed by atoms with Gasteiger partial charge in [0.2, 0.25) is 10.0 Å². The second-order valence-electron chi connectivity index (χ2n) is 1.15. The zero-order chi connectivity index (χ0) is 6.08. The van der Waals surface area contributed by atoms with E-state index in [0.717, 1.165) is 8.77 Å². The average molecular weight is 235 g/mol. The third-order valence-corrected chi connectivity index (χ3v) is 3.52. The molecular weight excluding hydrogens is 229 g/mol. The van der Waals surface area contributed by atoms with Crippen molar-refractivity contribution in [1.29, 1.82) is 0 Å². The fourth-order valence-electron chi connectivity index (χ4n) is 0. The second kappa shape index (κ2) is 2.27. The summed E-state index contributed by atoms with van der Waals surface area (Å²) in [7, 11) is -1.44. The van der Waals surface area contributed by atoms with Crippen LogP contribution in [0.1, 0.15) is 0 Å². The quantitative estimate of drug-likeness (QED) is 0.482. The van der Waals surface area contributed by atoms with Crippen LogP contribution in [0.5, 0.6) is 0 Å². The summed E-state index contributed by atoms with van der Waals surface area (Å²) >= 11 is 1.69. The van der Waals surface area contributed by atoms with Gasteiger partial charge in [-0.05, 0) is 0 Å². The van der Waals surface area contributed by atoms with E-state index in [1.165, 1.54) is 7.05 Å². The lowest BCUT2D eigenvalue weighted by Gasteiger charge is -1.99. The molecule has 0 aliphatic rings. The molecule has 0 amide bonds. The molecule has 0 heterocycles. The number of hydrogen-bond donors (Lipinski definition) is 0. The van der Waals surface area contributed by atoms with Crippen LogP contribution in [0.15, 0.2) is 0 Å². The molecule has 0 aromatic heterocycles. The van der Waals surface area contributed by atoms with Gasteiger partial charge >= 0.3 is 0 Å². The molecule has 44 valence electrons. The van der Waals surface area contributed by atoms with Gasteiger partial charge in [0.25, 0.3) is 0 Å². The molecule has 0 fully saturated rings. The molecule has 0 saturated heterocycles. The Balaban J connectivity index is 4.10.